The molecule has 6 heteroatoms. The fraction of sp³-hybridized carbons (Fsp3) is 0.429. The van der Waals surface area contributed by atoms with E-state index in [1.54, 1.807) is 19.5 Å². The summed E-state index contributed by atoms with van der Waals surface area (Å²) < 4.78 is 7.25. The number of nitrogens with one attached hydrogen (secondary N) is 1. The smallest absolute Gasteiger partial charge is 0.218 e. The average Bonchev–Trinajstić information content (AvgIpc) is 2.85. The van der Waals surface area contributed by atoms with Crippen molar-refractivity contribution in [3.8, 4) is 5.88 Å². The van der Waals surface area contributed by atoms with Crippen molar-refractivity contribution in [2.75, 3.05) is 13.7 Å². The summed E-state index contributed by atoms with van der Waals surface area (Å²) in [6.45, 7) is 5.65. The Kier molecular flexibility index (Phi) is 4.98. The van der Waals surface area contributed by atoms with Crippen LogP contribution in [0.5, 0.6) is 5.88 Å². The molecular weight excluding hydrogens is 276 g/mol. The van der Waals surface area contributed by atoms with Gasteiger partial charge in [0.25, 0.3) is 0 Å². The van der Waals surface area contributed by atoms with Gasteiger partial charge in [-0.1, -0.05) is 24.6 Å². The lowest BCUT2D eigenvalue weighted by Crippen LogP contribution is -2.25. The van der Waals surface area contributed by atoms with Crippen molar-refractivity contribution < 1.29 is 4.74 Å². The Morgan fingerprint density at radius 1 is 1.45 bits per heavy atom. The quantitative estimate of drug-likeness (QED) is 0.890. The molecule has 2 heterocycles. The van der Waals surface area contributed by atoms with E-state index >= 15 is 0 Å². The standard InChI is InChI=1S/C14H19ClN4O/c1-4-16-12(10-7-6-8-17-14(10)20-3)13-11(15)9-18-19(13)5-2/h6-9,12,16H,4-5H2,1-3H3. The maximum Gasteiger partial charge on any atom is 0.218 e. The summed E-state index contributed by atoms with van der Waals surface area (Å²) in [5.41, 5.74) is 1.89. The van der Waals surface area contributed by atoms with Crippen molar-refractivity contribution in [2.45, 2.75) is 26.4 Å². The first-order chi connectivity index (χ1) is 9.72. The van der Waals surface area contributed by atoms with Crippen LogP contribution < -0.4 is 10.1 Å². The lowest BCUT2D eigenvalue weighted by Gasteiger charge is -2.21. The van der Waals surface area contributed by atoms with Crippen molar-refractivity contribution >= 4 is 11.6 Å². The number of aromatic nitrogens is 3. The molecule has 0 saturated heterocycles. The molecule has 20 heavy (non-hydrogen) atoms. The molecule has 2 aromatic heterocycles. The highest BCUT2D eigenvalue weighted by Gasteiger charge is 2.24. The zero-order valence-corrected chi connectivity index (χ0v) is 12.7. The van der Waals surface area contributed by atoms with E-state index in [1.165, 1.54) is 0 Å². The van der Waals surface area contributed by atoms with Gasteiger partial charge in [0.05, 0.1) is 30.1 Å². The van der Waals surface area contributed by atoms with Gasteiger partial charge in [-0.2, -0.15) is 5.10 Å². The molecule has 0 bridgehead atoms. The van der Waals surface area contributed by atoms with Crippen LogP contribution in [0.15, 0.2) is 24.5 Å². The molecule has 2 rings (SSSR count). The van der Waals surface area contributed by atoms with E-state index in [0.29, 0.717) is 10.9 Å². The zero-order valence-electron chi connectivity index (χ0n) is 11.9. The number of rotatable bonds is 6. The minimum atomic E-state index is -0.0985. The predicted octanol–water partition coefficient (Wildman–Crippen LogP) is 2.66. The van der Waals surface area contributed by atoms with Gasteiger partial charge >= 0.3 is 0 Å². The van der Waals surface area contributed by atoms with E-state index in [9.17, 15) is 0 Å². The normalized spacial score (nSPS) is 12.4. The fourth-order valence-electron chi connectivity index (χ4n) is 2.26. The summed E-state index contributed by atoms with van der Waals surface area (Å²) in [6, 6.07) is 3.78. The van der Waals surface area contributed by atoms with Gasteiger partial charge in [-0.15, -0.1) is 0 Å². The molecule has 0 aromatic carbocycles. The summed E-state index contributed by atoms with van der Waals surface area (Å²) in [5.74, 6) is 0.596. The van der Waals surface area contributed by atoms with E-state index in [1.807, 2.05) is 23.7 Å². The Hall–Kier alpha value is -1.59. The lowest BCUT2D eigenvalue weighted by atomic mass is 10.0. The van der Waals surface area contributed by atoms with Gasteiger partial charge in [-0.3, -0.25) is 4.68 Å². The van der Waals surface area contributed by atoms with Crippen LogP contribution >= 0.6 is 11.6 Å². The molecule has 2 aromatic rings. The second kappa shape index (κ2) is 6.72. The van der Waals surface area contributed by atoms with E-state index in [0.717, 1.165) is 24.3 Å². The van der Waals surface area contributed by atoms with Crippen LogP contribution in [0.2, 0.25) is 5.02 Å². The monoisotopic (exact) mass is 294 g/mol. The minimum absolute atomic E-state index is 0.0985. The van der Waals surface area contributed by atoms with Gasteiger partial charge in [0, 0.05) is 18.3 Å². The molecule has 0 radical (unpaired) electrons. The van der Waals surface area contributed by atoms with Gasteiger partial charge < -0.3 is 10.1 Å². The first-order valence-electron chi connectivity index (χ1n) is 6.66. The molecule has 1 atom stereocenters. The largest absolute Gasteiger partial charge is 0.481 e. The second-order valence-corrected chi connectivity index (χ2v) is 4.69. The maximum atomic E-state index is 6.32. The van der Waals surface area contributed by atoms with Crippen molar-refractivity contribution in [3.63, 3.8) is 0 Å². The minimum Gasteiger partial charge on any atom is -0.481 e. The van der Waals surface area contributed by atoms with Crippen molar-refractivity contribution in [1.29, 1.82) is 0 Å². The van der Waals surface area contributed by atoms with Crippen LogP contribution in [-0.2, 0) is 6.54 Å². The van der Waals surface area contributed by atoms with E-state index in [2.05, 4.69) is 22.3 Å². The first-order valence-corrected chi connectivity index (χ1v) is 7.04. The van der Waals surface area contributed by atoms with Crippen LogP contribution in [0.3, 0.4) is 0 Å². The molecule has 0 aliphatic rings. The predicted molar refractivity (Wildman–Crippen MR) is 79.2 cm³/mol. The van der Waals surface area contributed by atoms with Crippen LogP contribution in [0, 0.1) is 0 Å². The number of hydrogen-bond acceptors (Lipinski definition) is 4. The van der Waals surface area contributed by atoms with Gasteiger partial charge in [-0.05, 0) is 19.5 Å². The third kappa shape index (κ3) is 2.78. The van der Waals surface area contributed by atoms with Crippen molar-refractivity contribution in [3.05, 3.63) is 40.8 Å². The summed E-state index contributed by atoms with van der Waals surface area (Å²) in [5, 5.41) is 8.37. The third-order valence-electron chi connectivity index (χ3n) is 3.12. The van der Waals surface area contributed by atoms with Crippen LogP contribution in [-0.4, -0.2) is 28.4 Å². The van der Waals surface area contributed by atoms with E-state index in [-0.39, 0.29) is 6.04 Å². The Bertz CT molecular complexity index is 570. The Balaban J connectivity index is 2.53. The Morgan fingerprint density at radius 3 is 2.90 bits per heavy atom. The van der Waals surface area contributed by atoms with Crippen LogP contribution in [0.25, 0.3) is 0 Å². The second-order valence-electron chi connectivity index (χ2n) is 4.29. The molecule has 108 valence electrons. The van der Waals surface area contributed by atoms with Crippen molar-refractivity contribution in [1.82, 2.24) is 20.1 Å². The molecule has 0 saturated carbocycles. The molecule has 5 nitrogen and oxygen atoms in total. The number of methoxy groups -OCH3 is 1. The number of halogens is 1. The molecule has 1 unspecified atom stereocenters. The number of aryl methyl sites for hydroxylation is 1. The van der Waals surface area contributed by atoms with Crippen molar-refractivity contribution in [2.24, 2.45) is 0 Å². The van der Waals surface area contributed by atoms with E-state index in [4.69, 9.17) is 16.3 Å². The summed E-state index contributed by atoms with van der Waals surface area (Å²) in [6.07, 6.45) is 3.39. The molecular formula is C14H19ClN4O. The molecule has 0 amide bonds. The number of nitrogens with zero attached hydrogens (tertiary/aromatic N) is 3. The highest BCUT2D eigenvalue weighted by atomic mass is 35.5. The first kappa shape index (κ1) is 14.8. The lowest BCUT2D eigenvalue weighted by molar-refractivity contribution is 0.385. The van der Waals surface area contributed by atoms with Crippen LogP contribution in [0.1, 0.15) is 31.1 Å². The maximum absolute atomic E-state index is 6.32. The van der Waals surface area contributed by atoms with Gasteiger partial charge in [0.15, 0.2) is 0 Å². The molecule has 0 spiro atoms. The number of pyridine rings is 1. The fourth-order valence-corrected chi connectivity index (χ4v) is 2.51. The van der Waals surface area contributed by atoms with Gasteiger partial charge in [-0.25, -0.2) is 4.98 Å². The Labute approximate surface area is 123 Å². The molecule has 0 aliphatic heterocycles. The summed E-state index contributed by atoms with van der Waals surface area (Å²) in [4.78, 5) is 4.26. The molecule has 1 N–H and O–H groups in total. The van der Waals surface area contributed by atoms with E-state index < -0.39 is 0 Å². The van der Waals surface area contributed by atoms with Gasteiger partial charge in [0.1, 0.15) is 0 Å². The zero-order chi connectivity index (χ0) is 14.5. The number of hydrogen-bond donors (Lipinski definition) is 1. The summed E-state index contributed by atoms with van der Waals surface area (Å²) >= 11 is 6.32. The topological polar surface area (TPSA) is 52.0 Å². The molecule has 0 aliphatic carbocycles. The van der Waals surface area contributed by atoms with Crippen LogP contribution in [0.4, 0.5) is 0 Å². The molecule has 0 fully saturated rings. The average molecular weight is 295 g/mol. The van der Waals surface area contributed by atoms with Gasteiger partial charge in [0.2, 0.25) is 5.88 Å². The highest BCUT2D eigenvalue weighted by molar-refractivity contribution is 6.31. The summed E-state index contributed by atoms with van der Waals surface area (Å²) in [7, 11) is 1.62. The SMILES string of the molecule is CCNC(c1cccnc1OC)c1c(Cl)cnn1CC. The Morgan fingerprint density at radius 2 is 2.25 bits per heavy atom. The highest BCUT2D eigenvalue weighted by Crippen LogP contribution is 2.32. The number of ether oxygens (including phenoxy) is 1. The third-order valence-corrected chi connectivity index (χ3v) is 3.41.